The summed E-state index contributed by atoms with van der Waals surface area (Å²) in [5, 5.41) is 9.15. The van der Waals surface area contributed by atoms with E-state index >= 15 is 0 Å². The lowest BCUT2D eigenvalue weighted by Crippen LogP contribution is -2.43. The molecule has 33 heavy (non-hydrogen) atoms. The van der Waals surface area contributed by atoms with Gasteiger partial charge in [0, 0.05) is 28.9 Å². The van der Waals surface area contributed by atoms with Crippen LogP contribution in [0.4, 0.5) is 0 Å². The van der Waals surface area contributed by atoms with E-state index in [4.69, 9.17) is 21.9 Å². The molecule has 0 spiro atoms. The van der Waals surface area contributed by atoms with Crippen LogP contribution in [0.25, 0.3) is 11.0 Å². The molecule has 1 aromatic carbocycles. The van der Waals surface area contributed by atoms with Gasteiger partial charge in [-0.25, -0.2) is 0 Å². The fourth-order valence-electron chi connectivity index (χ4n) is 6.52. The number of fused-ring (bicyclic) bond motifs is 3. The molecule has 1 aliphatic heterocycles. The van der Waals surface area contributed by atoms with Crippen molar-refractivity contribution >= 4 is 34.4 Å². The second-order valence-corrected chi connectivity index (χ2v) is 10.5. The predicted octanol–water partition coefficient (Wildman–Crippen LogP) is 3.70. The molecule has 5 rings (SSSR count). The molecule has 3 fully saturated rings. The number of carbonyl (C=O) groups excluding carboxylic acids is 2. The van der Waals surface area contributed by atoms with E-state index in [1.165, 1.54) is 0 Å². The Balaban J connectivity index is 1.02. The van der Waals surface area contributed by atoms with Gasteiger partial charge in [-0.3, -0.25) is 9.59 Å². The highest BCUT2D eigenvalue weighted by molar-refractivity contribution is 6.31. The van der Waals surface area contributed by atoms with Gasteiger partial charge in [0.2, 0.25) is 11.8 Å². The molecule has 178 valence electrons. The molecule has 2 amide bonds. The van der Waals surface area contributed by atoms with Crippen LogP contribution in [0.2, 0.25) is 5.02 Å². The number of piperidine rings is 1. The number of aromatic nitrogens is 1. The molecular weight excluding hydrogens is 440 g/mol. The minimum atomic E-state index is -0.298. The summed E-state index contributed by atoms with van der Waals surface area (Å²) in [6.45, 7) is 3.80. The highest BCUT2D eigenvalue weighted by atomic mass is 35.5. The zero-order valence-corrected chi connectivity index (χ0v) is 19.7. The Morgan fingerprint density at radius 2 is 1.88 bits per heavy atom. The molecule has 7 nitrogen and oxygen atoms in total. The van der Waals surface area contributed by atoms with Crippen LogP contribution in [-0.2, 0) is 9.59 Å². The van der Waals surface area contributed by atoms with Crippen LogP contribution in [0.5, 0.6) is 0 Å². The summed E-state index contributed by atoms with van der Waals surface area (Å²) in [4.78, 5) is 27.1. The summed E-state index contributed by atoms with van der Waals surface area (Å²) >= 11 is 6.05. The van der Waals surface area contributed by atoms with Crippen molar-refractivity contribution in [3.05, 3.63) is 28.9 Å². The standard InChI is InChI=1S/C25H33ClN4O3/c26-18-5-6-19-20(14-18)33-29-23(19)15-7-11-30(12-8-15)10-2-1-9-28-25(32)22-17-4-3-16(13-17)21(22)24(27)31/h5-6,14-17,21-22H,1-4,7-13H2,(H2,27,31)(H,28,32). The number of amides is 2. The van der Waals surface area contributed by atoms with Crippen molar-refractivity contribution in [3.63, 3.8) is 0 Å². The third kappa shape index (κ3) is 4.62. The molecule has 2 bridgehead atoms. The molecule has 3 N–H and O–H groups in total. The first kappa shape index (κ1) is 22.7. The van der Waals surface area contributed by atoms with Crippen molar-refractivity contribution in [2.45, 2.75) is 50.9 Å². The molecule has 8 heteroatoms. The molecule has 2 aliphatic carbocycles. The molecule has 0 radical (unpaired) electrons. The van der Waals surface area contributed by atoms with E-state index in [-0.39, 0.29) is 23.7 Å². The maximum atomic E-state index is 12.7. The van der Waals surface area contributed by atoms with Crippen LogP contribution in [0.3, 0.4) is 0 Å². The molecule has 1 saturated heterocycles. The van der Waals surface area contributed by atoms with E-state index in [1.54, 1.807) is 0 Å². The Morgan fingerprint density at radius 1 is 1.12 bits per heavy atom. The van der Waals surface area contributed by atoms with Crippen molar-refractivity contribution in [2.75, 3.05) is 26.2 Å². The highest BCUT2D eigenvalue weighted by Gasteiger charge is 2.53. The third-order valence-corrected chi connectivity index (χ3v) is 8.42. The first-order valence-corrected chi connectivity index (χ1v) is 12.7. The van der Waals surface area contributed by atoms with Gasteiger partial charge in [-0.05, 0) is 88.5 Å². The van der Waals surface area contributed by atoms with Gasteiger partial charge in [0.25, 0.3) is 0 Å². The maximum absolute atomic E-state index is 12.7. The number of nitrogens with one attached hydrogen (secondary N) is 1. The molecule has 1 aromatic heterocycles. The summed E-state index contributed by atoms with van der Waals surface area (Å²) in [6, 6.07) is 5.73. The second-order valence-electron chi connectivity index (χ2n) is 10.1. The topological polar surface area (TPSA) is 101 Å². The minimum Gasteiger partial charge on any atom is -0.369 e. The number of nitrogens with zero attached hydrogens (tertiary/aromatic N) is 2. The van der Waals surface area contributed by atoms with Gasteiger partial charge < -0.3 is 20.5 Å². The zero-order chi connectivity index (χ0) is 22.9. The lowest BCUT2D eigenvalue weighted by molar-refractivity contribution is -0.135. The Morgan fingerprint density at radius 3 is 2.64 bits per heavy atom. The molecule has 2 heterocycles. The van der Waals surface area contributed by atoms with Crippen LogP contribution in [0.1, 0.15) is 56.6 Å². The second kappa shape index (κ2) is 9.63. The number of carbonyl (C=O) groups is 2. The molecule has 4 atom stereocenters. The lowest BCUT2D eigenvalue weighted by atomic mass is 9.78. The first-order chi connectivity index (χ1) is 16.0. The fourth-order valence-corrected chi connectivity index (χ4v) is 6.69. The summed E-state index contributed by atoms with van der Waals surface area (Å²) in [5.41, 5.74) is 7.42. The maximum Gasteiger partial charge on any atom is 0.224 e. The van der Waals surface area contributed by atoms with Crippen molar-refractivity contribution < 1.29 is 14.1 Å². The minimum absolute atomic E-state index is 0.0351. The van der Waals surface area contributed by atoms with Crippen molar-refractivity contribution in [2.24, 2.45) is 29.4 Å². The van der Waals surface area contributed by atoms with Gasteiger partial charge in [0.15, 0.2) is 5.58 Å². The largest absolute Gasteiger partial charge is 0.369 e. The summed E-state index contributed by atoms with van der Waals surface area (Å²) in [7, 11) is 0. The van der Waals surface area contributed by atoms with E-state index in [0.717, 1.165) is 81.2 Å². The quantitative estimate of drug-likeness (QED) is 0.570. The Labute approximate surface area is 199 Å². The number of likely N-dealkylation sites (tertiary alicyclic amines) is 1. The van der Waals surface area contributed by atoms with E-state index in [9.17, 15) is 9.59 Å². The Hall–Kier alpha value is -2.12. The van der Waals surface area contributed by atoms with E-state index in [0.29, 0.717) is 29.3 Å². The summed E-state index contributed by atoms with van der Waals surface area (Å²) in [5.74, 6) is 0.351. The third-order valence-electron chi connectivity index (χ3n) is 8.18. The van der Waals surface area contributed by atoms with E-state index < -0.39 is 0 Å². The molecule has 3 aliphatic rings. The van der Waals surface area contributed by atoms with Crippen LogP contribution >= 0.6 is 11.6 Å². The van der Waals surface area contributed by atoms with Crippen LogP contribution in [0.15, 0.2) is 22.7 Å². The number of hydrogen-bond acceptors (Lipinski definition) is 5. The molecule has 2 saturated carbocycles. The predicted molar refractivity (Wildman–Crippen MR) is 127 cm³/mol. The average molecular weight is 473 g/mol. The Bertz CT molecular complexity index is 1020. The van der Waals surface area contributed by atoms with Gasteiger partial charge >= 0.3 is 0 Å². The number of hydrogen-bond donors (Lipinski definition) is 2. The van der Waals surface area contributed by atoms with Gasteiger partial charge in [0.05, 0.1) is 17.5 Å². The highest BCUT2D eigenvalue weighted by Crippen LogP contribution is 2.52. The van der Waals surface area contributed by atoms with Crippen LogP contribution in [-0.4, -0.2) is 48.0 Å². The van der Waals surface area contributed by atoms with Gasteiger partial charge in [-0.15, -0.1) is 0 Å². The summed E-state index contributed by atoms with van der Waals surface area (Å²) < 4.78 is 5.49. The van der Waals surface area contributed by atoms with Crippen molar-refractivity contribution in [1.29, 1.82) is 0 Å². The molecule has 4 unspecified atom stereocenters. The number of benzene rings is 1. The average Bonchev–Trinajstić information content (AvgIpc) is 3.53. The van der Waals surface area contributed by atoms with E-state index in [2.05, 4.69) is 15.4 Å². The zero-order valence-electron chi connectivity index (χ0n) is 19.0. The lowest BCUT2D eigenvalue weighted by Gasteiger charge is -2.31. The monoisotopic (exact) mass is 472 g/mol. The van der Waals surface area contributed by atoms with Gasteiger partial charge in [-0.1, -0.05) is 16.8 Å². The SMILES string of the molecule is NC(=O)C1C2CCC(C2)C1C(=O)NCCCCN1CCC(c2noc3cc(Cl)ccc23)CC1. The number of rotatable bonds is 8. The fraction of sp³-hybridized carbons (Fsp3) is 0.640. The molecule has 2 aromatic rings. The number of unbranched alkanes of at least 4 members (excludes halogenated alkanes) is 1. The van der Waals surface area contributed by atoms with Crippen molar-refractivity contribution in [1.82, 2.24) is 15.4 Å². The van der Waals surface area contributed by atoms with Gasteiger partial charge in [-0.2, -0.15) is 0 Å². The number of nitrogens with two attached hydrogens (primary N) is 1. The van der Waals surface area contributed by atoms with Crippen molar-refractivity contribution in [3.8, 4) is 0 Å². The first-order valence-electron chi connectivity index (χ1n) is 12.4. The van der Waals surface area contributed by atoms with E-state index in [1.807, 2.05) is 18.2 Å². The Kier molecular flexibility index (Phi) is 6.61. The molecular formula is C25H33ClN4O3. The van der Waals surface area contributed by atoms with Crippen LogP contribution in [0, 0.1) is 23.7 Å². The normalized spacial score (nSPS) is 27.9. The number of halogens is 1. The van der Waals surface area contributed by atoms with Crippen LogP contribution < -0.4 is 11.1 Å². The smallest absolute Gasteiger partial charge is 0.224 e. The summed E-state index contributed by atoms with van der Waals surface area (Å²) in [6.07, 6.45) is 7.22. The van der Waals surface area contributed by atoms with Gasteiger partial charge in [0.1, 0.15) is 0 Å². The number of primary amides is 1.